The van der Waals surface area contributed by atoms with Crippen LogP contribution in [-0.2, 0) is 22.4 Å². The number of hydroxylamine groups is 1. The van der Waals surface area contributed by atoms with Crippen LogP contribution >= 0.6 is 11.8 Å². The predicted molar refractivity (Wildman–Crippen MR) is 121 cm³/mol. The van der Waals surface area contributed by atoms with Crippen LogP contribution in [0.15, 0.2) is 24.3 Å². The molecule has 1 aromatic rings. The largest absolute Gasteiger partial charge is 0.344 e. The molecule has 0 aromatic heterocycles. The molecule has 0 unspecified atom stereocenters. The maximum Gasteiger partial charge on any atom is 0.265 e. The molecule has 6 heteroatoms. The summed E-state index contributed by atoms with van der Waals surface area (Å²) in [5.74, 6) is 0.0887. The van der Waals surface area contributed by atoms with E-state index in [0.717, 1.165) is 31.4 Å². The van der Waals surface area contributed by atoms with Gasteiger partial charge in [0.2, 0.25) is 5.91 Å². The summed E-state index contributed by atoms with van der Waals surface area (Å²) in [4.78, 5) is 23.6. The van der Waals surface area contributed by atoms with E-state index in [-0.39, 0.29) is 5.91 Å². The fourth-order valence-electron chi connectivity index (χ4n) is 3.48. The molecule has 1 rings (SSSR count). The predicted octanol–water partition coefficient (Wildman–Crippen LogP) is 4.66. The van der Waals surface area contributed by atoms with Gasteiger partial charge in [-0.15, -0.1) is 0 Å². The molecule has 0 spiro atoms. The first-order valence-corrected chi connectivity index (χ1v) is 12.3. The fourth-order valence-corrected chi connectivity index (χ4v) is 3.95. The second kappa shape index (κ2) is 16.3. The number of aryl methyl sites for hydroxylation is 2. The number of carbonyl (C=O) groups is 2. The van der Waals surface area contributed by atoms with Crippen molar-refractivity contribution in [3.63, 3.8) is 0 Å². The summed E-state index contributed by atoms with van der Waals surface area (Å²) in [5.41, 5.74) is 4.60. The summed E-state index contributed by atoms with van der Waals surface area (Å²) in [6.07, 6.45) is 13.1. The molecule has 0 saturated carbocycles. The van der Waals surface area contributed by atoms with Gasteiger partial charge in [0.05, 0.1) is 0 Å². The van der Waals surface area contributed by atoms with Crippen molar-refractivity contribution in [2.24, 2.45) is 0 Å². The summed E-state index contributed by atoms with van der Waals surface area (Å²) in [7, 11) is 0. The summed E-state index contributed by atoms with van der Waals surface area (Å²) in [6, 6.07) is 8.07. The monoisotopic (exact) mass is 422 g/mol. The molecule has 1 aromatic carbocycles. The third kappa shape index (κ3) is 11.3. The molecule has 0 saturated heterocycles. The molecule has 0 heterocycles. The van der Waals surface area contributed by atoms with E-state index in [2.05, 4.69) is 36.5 Å². The molecule has 29 heavy (non-hydrogen) atoms. The minimum atomic E-state index is -0.655. The van der Waals surface area contributed by atoms with Crippen LogP contribution in [0.4, 0.5) is 0 Å². The molecule has 0 aliphatic heterocycles. The number of hydrogen-bond acceptors (Lipinski definition) is 4. The SMILES string of the molecule is CCc1ccccc1CCCCCCCCCC(=O)N[C@H](CCSC)C(=O)NO. The second-order valence-electron chi connectivity index (χ2n) is 7.47. The van der Waals surface area contributed by atoms with E-state index >= 15 is 0 Å². The van der Waals surface area contributed by atoms with Gasteiger partial charge >= 0.3 is 0 Å². The van der Waals surface area contributed by atoms with Gasteiger partial charge in [-0.25, -0.2) is 5.48 Å². The molecule has 164 valence electrons. The van der Waals surface area contributed by atoms with Crippen molar-refractivity contribution in [1.82, 2.24) is 10.8 Å². The summed E-state index contributed by atoms with van der Waals surface area (Å²) >= 11 is 1.60. The zero-order valence-corrected chi connectivity index (χ0v) is 18.9. The van der Waals surface area contributed by atoms with Crippen molar-refractivity contribution in [3.05, 3.63) is 35.4 Å². The number of thioether (sulfide) groups is 1. The summed E-state index contributed by atoms with van der Waals surface area (Å²) < 4.78 is 0. The number of carbonyl (C=O) groups excluding carboxylic acids is 2. The molecule has 0 bridgehead atoms. The van der Waals surface area contributed by atoms with E-state index in [0.29, 0.717) is 12.8 Å². The van der Waals surface area contributed by atoms with Gasteiger partial charge in [0, 0.05) is 6.42 Å². The Balaban J connectivity index is 2.07. The third-order valence-electron chi connectivity index (χ3n) is 5.22. The highest BCUT2D eigenvalue weighted by Crippen LogP contribution is 2.15. The van der Waals surface area contributed by atoms with Gasteiger partial charge in [-0.3, -0.25) is 14.8 Å². The third-order valence-corrected chi connectivity index (χ3v) is 5.87. The Bertz CT molecular complexity index is 595. The van der Waals surface area contributed by atoms with Crippen LogP contribution < -0.4 is 10.8 Å². The normalized spacial score (nSPS) is 11.8. The second-order valence-corrected chi connectivity index (χ2v) is 8.46. The first-order chi connectivity index (χ1) is 14.1. The average Bonchev–Trinajstić information content (AvgIpc) is 2.75. The summed E-state index contributed by atoms with van der Waals surface area (Å²) in [5, 5.41) is 11.5. The fraction of sp³-hybridized carbons (Fsp3) is 0.652. The molecule has 0 aliphatic carbocycles. The van der Waals surface area contributed by atoms with Gasteiger partial charge in [-0.1, -0.05) is 63.3 Å². The minimum absolute atomic E-state index is 0.116. The van der Waals surface area contributed by atoms with Gasteiger partial charge < -0.3 is 5.32 Å². The topological polar surface area (TPSA) is 78.4 Å². The van der Waals surface area contributed by atoms with Gasteiger partial charge in [-0.2, -0.15) is 11.8 Å². The lowest BCUT2D eigenvalue weighted by Gasteiger charge is -2.16. The Hall–Kier alpha value is -1.53. The Morgan fingerprint density at radius 2 is 1.62 bits per heavy atom. The summed E-state index contributed by atoms with van der Waals surface area (Å²) in [6.45, 7) is 2.21. The van der Waals surface area contributed by atoms with Crippen molar-refractivity contribution >= 4 is 23.6 Å². The molecule has 0 fully saturated rings. The zero-order valence-electron chi connectivity index (χ0n) is 18.0. The van der Waals surface area contributed by atoms with E-state index in [1.54, 1.807) is 17.2 Å². The van der Waals surface area contributed by atoms with Crippen LogP contribution in [0, 0.1) is 0 Å². The zero-order chi connectivity index (χ0) is 21.3. The Kier molecular flexibility index (Phi) is 14.3. The maximum absolute atomic E-state index is 12.0. The van der Waals surface area contributed by atoms with E-state index in [1.165, 1.54) is 43.2 Å². The lowest BCUT2D eigenvalue weighted by atomic mass is 9.99. The highest BCUT2D eigenvalue weighted by atomic mass is 32.2. The molecule has 1 atom stereocenters. The lowest BCUT2D eigenvalue weighted by Crippen LogP contribution is -2.46. The molecular formula is C23H38N2O3S. The van der Waals surface area contributed by atoms with Gasteiger partial charge in [0.15, 0.2) is 0 Å². The van der Waals surface area contributed by atoms with Crippen LogP contribution in [0.5, 0.6) is 0 Å². The molecule has 2 amide bonds. The van der Waals surface area contributed by atoms with Crippen LogP contribution in [0.3, 0.4) is 0 Å². The molecule has 5 nitrogen and oxygen atoms in total. The van der Waals surface area contributed by atoms with Crippen LogP contribution in [0.25, 0.3) is 0 Å². The van der Waals surface area contributed by atoms with Crippen molar-refractivity contribution < 1.29 is 14.8 Å². The first-order valence-electron chi connectivity index (χ1n) is 10.9. The van der Waals surface area contributed by atoms with Gasteiger partial charge in [0.25, 0.3) is 5.91 Å². The molecule has 0 radical (unpaired) electrons. The molecule has 0 aliphatic rings. The van der Waals surface area contributed by atoms with Crippen molar-refractivity contribution in [1.29, 1.82) is 0 Å². The standard InChI is InChI=1S/C23H38N2O3S/c1-3-19-13-11-12-15-20(19)14-9-7-5-4-6-8-10-16-22(26)24-21(17-18-29-2)23(27)25-28/h11-13,15,21,28H,3-10,14,16-18H2,1-2H3,(H,24,26)(H,25,27)/t21-/m1/s1. The van der Waals surface area contributed by atoms with E-state index in [1.807, 2.05) is 6.26 Å². The van der Waals surface area contributed by atoms with E-state index in [4.69, 9.17) is 5.21 Å². The van der Waals surface area contributed by atoms with Crippen LogP contribution in [-0.4, -0.2) is 35.1 Å². The highest BCUT2D eigenvalue weighted by Gasteiger charge is 2.19. The lowest BCUT2D eigenvalue weighted by molar-refractivity contribution is -0.134. The van der Waals surface area contributed by atoms with Crippen molar-refractivity contribution in [2.75, 3.05) is 12.0 Å². The minimum Gasteiger partial charge on any atom is -0.344 e. The number of unbranched alkanes of at least 4 members (excludes halogenated alkanes) is 6. The average molecular weight is 423 g/mol. The van der Waals surface area contributed by atoms with Crippen LogP contribution in [0.1, 0.15) is 75.8 Å². The number of amides is 2. The van der Waals surface area contributed by atoms with Crippen LogP contribution in [0.2, 0.25) is 0 Å². The Morgan fingerprint density at radius 1 is 1.00 bits per heavy atom. The van der Waals surface area contributed by atoms with Crippen molar-refractivity contribution in [3.8, 4) is 0 Å². The van der Waals surface area contributed by atoms with E-state index < -0.39 is 11.9 Å². The Morgan fingerprint density at radius 3 is 2.24 bits per heavy atom. The Labute approximate surface area is 180 Å². The van der Waals surface area contributed by atoms with Crippen molar-refractivity contribution in [2.45, 2.75) is 83.6 Å². The molecule has 3 N–H and O–H groups in total. The number of nitrogens with one attached hydrogen (secondary N) is 2. The first kappa shape index (κ1) is 25.5. The maximum atomic E-state index is 12.0. The van der Waals surface area contributed by atoms with Gasteiger partial charge in [0.1, 0.15) is 6.04 Å². The quantitative estimate of drug-likeness (QED) is 0.206. The highest BCUT2D eigenvalue weighted by molar-refractivity contribution is 7.98. The number of hydrogen-bond donors (Lipinski definition) is 3. The number of rotatable bonds is 16. The van der Waals surface area contributed by atoms with Gasteiger partial charge in [-0.05, 0) is 55.2 Å². The smallest absolute Gasteiger partial charge is 0.265 e. The van der Waals surface area contributed by atoms with E-state index in [9.17, 15) is 9.59 Å². The molecular weight excluding hydrogens is 384 g/mol. The number of benzene rings is 1.